The van der Waals surface area contributed by atoms with Crippen LogP contribution in [0.5, 0.6) is 0 Å². The Bertz CT molecular complexity index is 203. The normalized spacial score (nSPS) is 12.4. The first-order valence-electron chi connectivity index (χ1n) is 8.51. The number of nitrogens with one attached hydrogen (secondary N) is 1. The van der Waals surface area contributed by atoms with Crippen LogP contribution >= 0.6 is 0 Å². The van der Waals surface area contributed by atoms with Gasteiger partial charge in [-0.1, -0.05) is 65.7 Å². The second kappa shape index (κ2) is 13.9. The molecule has 0 spiro atoms. The van der Waals surface area contributed by atoms with Crippen molar-refractivity contribution in [3.05, 3.63) is 0 Å². The van der Waals surface area contributed by atoms with E-state index in [-0.39, 0.29) is 5.91 Å². The minimum Gasteiger partial charge on any atom is -0.356 e. The number of rotatable bonds is 13. The van der Waals surface area contributed by atoms with E-state index in [0.717, 1.165) is 19.4 Å². The van der Waals surface area contributed by atoms with E-state index in [0.29, 0.717) is 12.3 Å². The molecule has 0 saturated heterocycles. The van der Waals surface area contributed by atoms with E-state index in [2.05, 4.69) is 26.1 Å². The van der Waals surface area contributed by atoms with Crippen LogP contribution in [0.15, 0.2) is 0 Å². The molecule has 0 radical (unpaired) electrons. The van der Waals surface area contributed by atoms with Gasteiger partial charge in [0.05, 0.1) is 0 Å². The van der Waals surface area contributed by atoms with Gasteiger partial charge in [0.25, 0.3) is 0 Å². The number of carbonyl (C=O) groups is 1. The van der Waals surface area contributed by atoms with Crippen molar-refractivity contribution < 1.29 is 4.79 Å². The number of carbonyl (C=O) groups excluding carboxylic acids is 1. The molecule has 0 aromatic heterocycles. The first-order valence-corrected chi connectivity index (χ1v) is 8.51. The van der Waals surface area contributed by atoms with Crippen LogP contribution in [0.1, 0.15) is 91.4 Å². The van der Waals surface area contributed by atoms with Gasteiger partial charge < -0.3 is 5.32 Å². The Balaban J connectivity index is 3.80. The van der Waals surface area contributed by atoms with Crippen LogP contribution in [0.25, 0.3) is 0 Å². The molecule has 1 atom stereocenters. The molecular weight excluding hydrogens is 234 g/mol. The van der Waals surface area contributed by atoms with E-state index in [4.69, 9.17) is 0 Å². The first-order chi connectivity index (χ1) is 9.24. The predicted octanol–water partition coefficient (Wildman–Crippen LogP) is 5.07. The lowest BCUT2D eigenvalue weighted by molar-refractivity contribution is -0.121. The molecule has 0 fully saturated rings. The van der Waals surface area contributed by atoms with Gasteiger partial charge in [-0.15, -0.1) is 0 Å². The lowest BCUT2D eigenvalue weighted by Gasteiger charge is -2.17. The van der Waals surface area contributed by atoms with Crippen molar-refractivity contribution in [2.24, 2.45) is 5.92 Å². The number of unbranched alkanes of at least 4 members (excludes halogenated alkanes) is 5. The summed E-state index contributed by atoms with van der Waals surface area (Å²) in [7, 11) is 0. The molecule has 0 aliphatic rings. The monoisotopic (exact) mass is 269 g/mol. The summed E-state index contributed by atoms with van der Waals surface area (Å²) in [5.74, 6) is 0.944. The van der Waals surface area contributed by atoms with E-state index in [1.54, 1.807) is 0 Å². The lowest BCUT2D eigenvalue weighted by atomic mass is 9.95. The summed E-state index contributed by atoms with van der Waals surface area (Å²) in [6.07, 6.45) is 13.3. The van der Waals surface area contributed by atoms with Crippen molar-refractivity contribution in [1.29, 1.82) is 0 Å². The molecule has 0 aliphatic heterocycles. The van der Waals surface area contributed by atoms with Crippen LogP contribution in [0.3, 0.4) is 0 Å². The molecule has 0 aromatic rings. The minimum atomic E-state index is 0.247. The van der Waals surface area contributed by atoms with Gasteiger partial charge in [0.15, 0.2) is 0 Å². The summed E-state index contributed by atoms with van der Waals surface area (Å²) >= 11 is 0. The van der Waals surface area contributed by atoms with E-state index in [9.17, 15) is 4.79 Å². The second-order valence-electron chi connectivity index (χ2n) is 5.77. The van der Waals surface area contributed by atoms with E-state index >= 15 is 0 Å². The van der Waals surface area contributed by atoms with Crippen LogP contribution in [0.2, 0.25) is 0 Å². The van der Waals surface area contributed by atoms with Gasteiger partial charge in [-0.05, 0) is 25.2 Å². The zero-order valence-corrected chi connectivity index (χ0v) is 13.5. The number of hydrogen-bond donors (Lipinski definition) is 1. The molecule has 2 heteroatoms. The Labute approximate surface area is 120 Å². The van der Waals surface area contributed by atoms with Crippen molar-refractivity contribution in [3.63, 3.8) is 0 Å². The third-order valence-corrected chi connectivity index (χ3v) is 3.78. The Morgan fingerprint density at radius 1 is 0.842 bits per heavy atom. The Kier molecular flexibility index (Phi) is 13.5. The summed E-state index contributed by atoms with van der Waals surface area (Å²) in [4.78, 5) is 11.6. The van der Waals surface area contributed by atoms with Crippen LogP contribution in [0, 0.1) is 5.92 Å². The fourth-order valence-corrected chi connectivity index (χ4v) is 2.38. The summed E-state index contributed by atoms with van der Waals surface area (Å²) < 4.78 is 0. The van der Waals surface area contributed by atoms with E-state index in [1.807, 2.05) is 0 Å². The maximum atomic E-state index is 11.6. The van der Waals surface area contributed by atoms with Gasteiger partial charge in [0.1, 0.15) is 0 Å². The maximum absolute atomic E-state index is 11.6. The third-order valence-electron chi connectivity index (χ3n) is 3.78. The van der Waals surface area contributed by atoms with Gasteiger partial charge in [0, 0.05) is 13.0 Å². The van der Waals surface area contributed by atoms with Crippen molar-refractivity contribution in [3.8, 4) is 0 Å². The molecule has 0 aliphatic carbocycles. The molecule has 2 nitrogen and oxygen atoms in total. The fourth-order valence-electron chi connectivity index (χ4n) is 2.38. The van der Waals surface area contributed by atoms with Crippen LogP contribution < -0.4 is 5.32 Å². The molecule has 19 heavy (non-hydrogen) atoms. The van der Waals surface area contributed by atoms with Gasteiger partial charge in [-0.3, -0.25) is 4.79 Å². The van der Waals surface area contributed by atoms with Crippen molar-refractivity contribution in [2.75, 3.05) is 6.54 Å². The average Bonchev–Trinajstić information content (AvgIpc) is 2.43. The summed E-state index contributed by atoms with van der Waals surface area (Å²) in [5.41, 5.74) is 0. The van der Waals surface area contributed by atoms with Crippen molar-refractivity contribution in [2.45, 2.75) is 91.4 Å². The highest BCUT2D eigenvalue weighted by atomic mass is 16.1. The standard InChI is InChI=1S/C17H35NO/c1-4-7-10-11-13-16(12-8-5-2)15-18-17(19)14-9-6-3/h16H,4-15H2,1-3H3,(H,18,19). The van der Waals surface area contributed by atoms with Gasteiger partial charge in [-0.2, -0.15) is 0 Å². The maximum Gasteiger partial charge on any atom is 0.220 e. The molecule has 0 rings (SSSR count). The van der Waals surface area contributed by atoms with Crippen LogP contribution in [0.4, 0.5) is 0 Å². The Morgan fingerprint density at radius 2 is 1.47 bits per heavy atom. The molecule has 0 saturated carbocycles. The molecule has 0 aromatic carbocycles. The molecule has 114 valence electrons. The van der Waals surface area contributed by atoms with Gasteiger partial charge >= 0.3 is 0 Å². The second-order valence-corrected chi connectivity index (χ2v) is 5.77. The SMILES string of the molecule is CCCCCCC(CCCC)CNC(=O)CCCC. The van der Waals surface area contributed by atoms with Gasteiger partial charge in [0.2, 0.25) is 5.91 Å². The molecule has 1 N–H and O–H groups in total. The average molecular weight is 269 g/mol. The highest BCUT2D eigenvalue weighted by Crippen LogP contribution is 2.16. The highest BCUT2D eigenvalue weighted by molar-refractivity contribution is 5.75. The molecular formula is C17H35NO. The highest BCUT2D eigenvalue weighted by Gasteiger charge is 2.09. The fraction of sp³-hybridized carbons (Fsp3) is 0.941. The lowest BCUT2D eigenvalue weighted by Crippen LogP contribution is -2.29. The minimum absolute atomic E-state index is 0.247. The van der Waals surface area contributed by atoms with E-state index in [1.165, 1.54) is 51.4 Å². The van der Waals surface area contributed by atoms with Crippen LogP contribution in [-0.4, -0.2) is 12.5 Å². The van der Waals surface area contributed by atoms with Crippen molar-refractivity contribution >= 4 is 5.91 Å². The summed E-state index contributed by atoms with van der Waals surface area (Å²) in [6.45, 7) is 7.52. The largest absolute Gasteiger partial charge is 0.356 e. The van der Waals surface area contributed by atoms with E-state index < -0.39 is 0 Å². The molecule has 0 heterocycles. The quantitative estimate of drug-likeness (QED) is 0.465. The number of hydrogen-bond acceptors (Lipinski definition) is 1. The molecule has 0 bridgehead atoms. The van der Waals surface area contributed by atoms with Gasteiger partial charge in [-0.25, -0.2) is 0 Å². The zero-order valence-electron chi connectivity index (χ0n) is 13.5. The molecule has 1 unspecified atom stereocenters. The van der Waals surface area contributed by atoms with Crippen molar-refractivity contribution in [1.82, 2.24) is 5.32 Å². The smallest absolute Gasteiger partial charge is 0.220 e. The Hall–Kier alpha value is -0.530. The third kappa shape index (κ3) is 12.3. The first kappa shape index (κ1) is 18.5. The van der Waals surface area contributed by atoms with Crippen LogP contribution in [-0.2, 0) is 4.79 Å². The zero-order chi connectivity index (χ0) is 14.3. The summed E-state index contributed by atoms with van der Waals surface area (Å²) in [5, 5.41) is 3.13. The predicted molar refractivity (Wildman–Crippen MR) is 84.3 cm³/mol. The Morgan fingerprint density at radius 3 is 2.11 bits per heavy atom. The topological polar surface area (TPSA) is 29.1 Å². The molecule has 1 amide bonds. The summed E-state index contributed by atoms with van der Waals surface area (Å²) in [6, 6.07) is 0. The number of amides is 1.